The number of nitrogens with zero attached hydrogens (tertiary/aromatic N) is 2. The summed E-state index contributed by atoms with van der Waals surface area (Å²) in [5, 5.41) is 0. The lowest BCUT2D eigenvalue weighted by molar-refractivity contribution is 0.411. The second kappa shape index (κ2) is 14.3. The van der Waals surface area contributed by atoms with E-state index in [2.05, 4.69) is 130 Å². The van der Waals surface area contributed by atoms with E-state index in [0.29, 0.717) is 0 Å². The Morgan fingerprint density at radius 2 is 0.632 bits per heavy atom. The van der Waals surface area contributed by atoms with Crippen molar-refractivity contribution in [2.45, 2.75) is 52.4 Å². The topological polar surface area (TPSA) is 43.4 Å². The molecule has 8 rings (SSSR count). The predicted molar refractivity (Wildman–Crippen MR) is 234 cm³/mol. The molecule has 0 spiro atoms. The zero-order valence-electron chi connectivity index (χ0n) is 34.6. The van der Waals surface area contributed by atoms with E-state index in [9.17, 15) is 0 Å². The Morgan fingerprint density at radius 1 is 0.368 bits per heavy atom. The molecule has 0 aliphatic carbocycles. The number of hydrogen-bond acceptors (Lipinski definition) is 6. The summed E-state index contributed by atoms with van der Waals surface area (Å²) in [6.07, 6.45) is 0. The summed E-state index contributed by atoms with van der Waals surface area (Å²) >= 11 is 0. The van der Waals surface area contributed by atoms with Gasteiger partial charge in [0.25, 0.3) is 0 Å². The van der Waals surface area contributed by atoms with E-state index in [1.54, 1.807) is 28.4 Å². The van der Waals surface area contributed by atoms with Crippen molar-refractivity contribution in [1.82, 2.24) is 0 Å². The van der Waals surface area contributed by atoms with Crippen molar-refractivity contribution in [3.8, 4) is 23.0 Å². The third kappa shape index (κ3) is 6.31. The maximum atomic E-state index is 6.21. The van der Waals surface area contributed by atoms with Crippen LogP contribution in [0.4, 0.5) is 34.1 Å². The maximum absolute atomic E-state index is 6.21. The Bertz CT molecular complexity index is 2270. The summed E-state index contributed by atoms with van der Waals surface area (Å²) in [6, 6.07) is 42.5. The quantitative estimate of drug-likeness (QED) is 0.158. The van der Waals surface area contributed by atoms with Crippen molar-refractivity contribution in [3.63, 3.8) is 0 Å². The number of ether oxygens (including phenoxy) is 4. The molecule has 57 heavy (non-hydrogen) atoms. The van der Waals surface area contributed by atoms with E-state index < -0.39 is 0 Å². The third-order valence-corrected chi connectivity index (χ3v) is 11.1. The monoisotopic (exact) mass is 754 g/mol. The smallest absolute Gasteiger partial charge is 0.129 e. The first-order valence-electron chi connectivity index (χ1n) is 19.4. The number of hydrogen-bond donors (Lipinski definition) is 0. The summed E-state index contributed by atoms with van der Waals surface area (Å²) in [7, 11) is 6.89. The van der Waals surface area contributed by atoms with Gasteiger partial charge in [-0.2, -0.15) is 0 Å². The lowest BCUT2D eigenvalue weighted by atomic mass is 9.84. The maximum Gasteiger partial charge on any atom is 0.129 e. The summed E-state index contributed by atoms with van der Waals surface area (Å²) in [5.41, 5.74) is 17.8. The van der Waals surface area contributed by atoms with E-state index in [4.69, 9.17) is 18.9 Å². The van der Waals surface area contributed by atoms with Gasteiger partial charge in [0.15, 0.2) is 0 Å². The molecule has 0 bridgehead atoms. The Balaban J connectivity index is 1.49. The molecule has 0 radical (unpaired) electrons. The Labute approximate surface area is 337 Å². The zero-order valence-corrected chi connectivity index (χ0v) is 34.6. The minimum atomic E-state index is 0.0188. The lowest BCUT2D eigenvalue weighted by Crippen LogP contribution is -2.20. The molecule has 6 nitrogen and oxygen atoms in total. The predicted octanol–water partition coefficient (Wildman–Crippen LogP) is 13.0. The second-order valence-electron chi connectivity index (χ2n) is 16.6. The fraction of sp³-hybridized carbons (Fsp3) is 0.235. The summed E-state index contributed by atoms with van der Waals surface area (Å²) in [5.74, 6) is 2.89. The molecule has 0 fully saturated rings. The van der Waals surface area contributed by atoms with Crippen LogP contribution in [0, 0.1) is 0 Å². The normalized spacial score (nSPS) is 13.2. The molecule has 0 atom stereocenters. The fourth-order valence-electron chi connectivity index (χ4n) is 8.17. The molecular formula is C51H50N2O4. The SMILES string of the molecule is COc1cccc2c1C(=C=C1c3c(OC)cccc3N(c3ccc(C(C)(C)C)cc3)c3cccc(OC)c31)c1c(OC)cccc1N2c1ccc(C(C)(C)C)cc1. The Kier molecular flexibility index (Phi) is 9.42. The molecule has 6 aromatic carbocycles. The third-order valence-electron chi connectivity index (χ3n) is 11.1. The molecule has 6 aromatic rings. The van der Waals surface area contributed by atoms with Crippen molar-refractivity contribution < 1.29 is 18.9 Å². The van der Waals surface area contributed by atoms with Gasteiger partial charge in [0, 0.05) is 22.5 Å². The molecule has 6 heteroatoms. The minimum absolute atomic E-state index is 0.0188. The van der Waals surface area contributed by atoms with E-state index in [1.165, 1.54) is 11.1 Å². The molecule has 0 saturated carbocycles. The molecule has 0 amide bonds. The van der Waals surface area contributed by atoms with Crippen LogP contribution in [0.25, 0.3) is 11.1 Å². The van der Waals surface area contributed by atoms with E-state index in [1.807, 2.05) is 48.5 Å². The molecular weight excluding hydrogens is 705 g/mol. The van der Waals surface area contributed by atoms with Crippen LogP contribution in [0.1, 0.15) is 74.9 Å². The lowest BCUT2D eigenvalue weighted by Gasteiger charge is -2.37. The number of rotatable bonds is 6. The minimum Gasteiger partial charge on any atom is -0.496 e. The van der Waals surface area contributed by atoms with Gasteiger partial charge in [0.05, 0.1) is 73.4 Å². The standard InChI is InChI=1S/C51H50N2O4/c1-50(2,3)32-23-27-34(28-24-32)52-38-15-11-19-42(54-7)46(38)36(47-39(52)16-12-20-43(47)55-8)31-37-48-40(17-13-21-44(48)56-9)53(41-18-14-22-45(57-10)49(37)41)35-29-25-33(26-30-35)51(4,5)6/h11-30H,1-10H3. The summed E-state index contributed by atoms with van der Waals surface area (Å²) in [4.78, 5) is 4.59. The van der Waals surface area contributed by atoms with Gasteiger partial charge in [-0.25, -0.2) is 0 Å². The number of benzene rings is 6. The van der Waals surface area contributed by atoms with Gasteiger partial charge in [-0.3, -0.25) is 0 Å². The fourth-order valence-corrected chi connectivity index (χ4v) is 8.17. The van der Waals surface area contributed by atoms with E-state index in [-0.39, 0.29) is 10.8 Å². The van der Waals surface area contributed by atoms with Crippen LogP contribution < -0.4 is 28.7 Å². The van der Waals surface area contributed by atoms with Crippen molar-refractivity contribution in [3.05, 3.63) is 160 Å². The average molecular weight is 755 g/mol. The van der Waals surface area contributed by atoms with Crippen LogP contribution in [-0.2, 0) is 10.8 Å². The summed E-state index contributed by atoms with van der Waals surface area (Å²) < 4.78 is 24.8. The highest BCUT2D eigenvalue weighted by molar-refractivity contribution is 6.09. The van der Waals surface area contributed by atoms with Gasteiger partial charge < -0.3 is 28.7 Å². The molecule has 0 saturated heterocycles. The zero-order chi connectivity index (χ0) is 40.2. The van der Waals surface area contributed by atoms with Gasteiger partial charge >= 0.3 is 0 Å². The van der Waals surface area contributed by atoms with Crippen LogP contribution >= 0.6 is 0 Å². The van der Waals surface area contributed by atoms with E-state index in [0.717, 1.165) is 90.5 Å². The highest BCUT2D eigenvalue weighted by atomic mass is 16.5. The first-order chi connectivity index (χ1) is 27.4. The van der Waals surface area contributed by atoms with Crippen molar-refractivity contribution in [2.75, 3.05) is 38.2 Å². The van der Waals surface area contributed by atoms with Gasteiger partial charge in [-0.1, -0.05) is 90.1 Å². The largest absolute Gasteiger partial charge is 0.496 e. The molecule has 2 heterocycles. The number of fused-ring (bicyclic) bond motifs is 4. The van der Waals surface area contributed by atoms with Gasteiger partial charge in [0.1, 0.15) is 23.0 Å². The first kappa shape index (κ1) is 37.6. The molecule has 288 valence electrons. The van der Waals surface area contributed by atoms with Gasteiger partial charge in [0.2, 0.25) is 0 Å². The molecule has 2 aliphatic heterocycles. The highest BCUT2D eigenvalue weighted by Crippen LogP contribution is 2.57. The highest BCUT2D eigenvalue weighted by Gasteiger charge is 2.36. The van der Waals surface area contributed by atoms with Crippen molar-refractivity contribution in [2.24, 2.45) is 0 Å². The number of anilines is 6. The molecule has 0 unspecified atom stereocenters. The number of methoxy groups -OCH3 is 4. The molecule has 2 aliphatic rings. The second-order valence-corrected chi connectivity index (χ2v) is 16.6. The van der Waals surface area contributed by atoms with Crippen LogP contribution in [0.15, 0.2) is 127 Å². The Morgan fingerprint density at radius 3 is 0.860 bits per heavy atom. The van der Waals surface area contributed by atoms with Gasteiger partial charge in [-0.15, -0.1) is 5.73 Å². The first-order valence-corrected chi connectivity index (χ1v) is 19.4. The van der Waals surface area contributed by atoms with Crippen LogP contribution in [0.3, 0.4) is 0 Å². The molecule has 0 aromatic heterocycles. The average Bonchev–Trinajstić information content (AvgIpc) is 3.21. The Hall–Kier alpha value is -6.36. The van der Waals surface area contributed by atoms with Crippen LogP contribution in [0.5, 0.6) is 23.0 Å². The van der Waals surface area contributed by atoms with Crippen LogP contribution in [0.2, 0.25) is 0 Å². The van der Waals surface area contributed by atoms with Gasteiger partial charge in [-0.05, 0) is 94.8 Å². The van der Waals surface area contributed by atoms with Crippen LogP contribution in [-0.4, -0.2) is 28.4 Å². The van der Waals surface area contributed by atoms with Crippen molar-refractivity contribution >= 4 is 45.3 Å². The van der Waals surface area contributed by atoms with Crippen molar-refractivity contribution in [1.29, 1.82) is 0 Å². The van der Waals surface area contributed by atoms with E-state index >= 15 is 0 Å². The molecule has 0 N–H and O–H groups in total. The summed E-state index contributed by atoms with van der Waals surface area (Å²) in [6.45, 7) is 13.4.